The Morgan fingerprint density at radius 2 is 1.68 bits per heavy atom. The summed E-state index contributed by atoms with van der Waals surface area (Å²) in [5.41, 5.74) is 2.65. The Morgan fingerprint density at radius 3 is 2.34 bits per heavy atom. The molecule has 1 amide bonds. The first kappa shape index (κ1) is 25.6. The number of fused-ring (bicyclic) bond motifs is 1. The van der Waals surface area contributed by atoms with E-state index in [0.717, 1.165) is 15.4 Å². The molecule has 1 aliphatic rings. The lowest BCUT2D eigenvalue weighted by atomic mass is 9.94. The molecule has 0 fully saturated rings. The molecule has 0 aliphatic carbocycles. The highest BCUT2D eigenvalue weighted by molar-refractivity contribution is 9.10. The summed E-state index contributed by atoms with van der Waals surface area (Å²) < 4.78 is 17.5. The number of ketones is 1. The van der Waals surface area contributed by atoms with E-state index in [1.54, 1.807) is 30.3 Å². The number of anilines is 1. The lowest BCUT2D eigenvalue weighted by Gasteiger charge is -2.27. The summed E-state index contributed by atoms with van der Waals surface area (Å²) in [4.78, 5) is 28.8. The molecule has 0 spiro atoms. The van der Waals surface area contributed by atoms with E-state index >= 15 is 0 Å². The van der Waals surface area contributed by atoms with E-state index in [4.69, 9.17) is 13.9 Å². The summed E-state index contributed by atoms with van der Waals surface area (Å²) in [6.07, 6.45) is 0. The van der Waals surface area contributed by atoms with Crippen LogP contribution >= 0.6 is 15.9 Å². The number of carbonyl (C=O) groups is 2. The average molecular weight is 576 g/mol. The number of ether oxygens (including phenoxy) is 2. The van der Waals surface area contributed by atoms with Crippen LogP contribution in [0.15, 0.2) is 87.0 Å². The molecule has 4 aromatic rings. The van der Waals surface area contributed by atoms with Crippen LogP contribution in [-0.4, -0.2) is 31.0 Å². The van der Waals surface area contributed by atoms with Crippen LogP contribution in [0.5, 0.6) is 11.5 Å². The molecular weight excluding hydrogens is 550 g/mol. The van der Waals surface area contributed by atoms with Gasteiger partial charge in [-0.1, -0.05) is 48.0 Å². The summed E-state index contributed by atoms with van der Waals surface area (Å²) >= 11 is 3.43. The molecule has 1 aromatic heterocycles. The molecule has 0 saturated heterocycles. The fraction of sp³-hybridized carbons (Fsp3) is 0.200. The third-order valence-corrected chi connectivity index (χ3v) is 7.21. The van der Waals surface area contributed by atoms with Crippen LogP contribution in [0.2, 0.25) is 0 Å². The molecule has 0 saturated carbocycles. The number of carbonyl (C=O) groups excluding carboxylic acids is 2. The highest BCUT2D eigenvalue weighted by atomic mass is 79.9. The smallest absolute Gasteiger partial charge is 0.294 e. The van der Waals surface area contributed by atoms with Gasteiger partial charge in [0.15, 0.2) is 23.0 Å². The highest BCUT2D eigenvalue weighted by Gasteiger charge is 2.45. The third-order valence-electron chi connectivity index (χ3n) is 6.72. The van der Waals surface area contributed by atoms with Crippen LogP contribution in [0.1, 0.15) is 47.5 Å². The molecule has 1 unspecified atom stereocenters. The van der Waals surface area contributed by atoms with E-state index < -0.39 is 23.5 Å². The van der Waals surface area contributed by atoms with Gasteiger partial charge in [-0.2, -0.15) is 0 Å². The zero-order valence-corrected chi connectivity index (χ0v) is 22.9. The lowest BCUT2D eigenvalue weighted by Crippen LogP contribution is -2.31. The number of furan rings is 1. The number of nitrogens with zero attached hydrogens (tertiary/aromatic N) is 1. The van der Waals surface area contributed by atoms with Gasteiger partial charge in [0, 0.05) is 15.5 Å². The van der Waals surface area contributed by atoms with Crippen molar-refractivity contribution in [1.29, 1.82) is 0 Å². The zero-order chi connectivity index (χ0) is 27.1. The van der Waals surface area contributed by atoms with Crippen LogP contribution < -0.4 is 14.4 Å². The van der Waals surface area contributed by atoms with Gasteiger partial charge in [-0.25, -0.2) is 0 Å². The Bertz CT molecular complexity index is 1580. The number of aliphatic hydroxyl groups is 1. The number of benzene rings is 3. The molecule has 1 atom stereocenters. The first-order valence-electron chi connectivity index (χ1n) is 12.1. The van der Waals surface area contributed by atoms with Crippen LogP contribution in [0.3, 0.4) is 0 Å². The third kappa shape index (κ3) is 4.35. The molecule has 0 bridgehead atoms. The Morgan fingerprint density at radius 1 is 0.974 bits per heavy atom. The van der Waals surface area contributed by atoms with Crippen LogP contribution in [0.25, 0.3) is 11.0 Å². The molecule has 0 radical (unpaired) electrons. The van der Waals surface area contributed by atoms with Crippen molar-refractivity contribution in [3.8, 4) is 11.5 Å². The van der Waals surface area contributed by atoms with E-state index in [-0.39, 0.29) is 11.3 Å². The number of Topliss-reactive ketones (excluding diaryl/α,β-unsaturated/α-hetero) is 1. The minimum atomic E-state index is -0.931. The summed E-state index contributed by atoms with van der Waals surface area (Å²) in [5, 5.41) is 11.8. The minimum absolute atomic E-state index is 0.0231. The quantitative estimate of drug-likeness (QED) is 0.236. The number of methoxy groups -OCH3 is 2. The maximum absolute atomic E-state index is 13.9. The molecular formula is C30H26BrNO6. The maximum Gasteiger partial charge on any atom is 0.294 e. The van der Waals surface area contributed by atoms with Gasteiger partial charge in [0.1, 0.15) is 5.58 Å². The number of amides is 1. The second-order valence-electron chi connectivity index (χ2n) is 9.32. The predicted molar refractivity (Wildman–Crippen MR) is 148 cm³/mol. The fourth-order valence-corrected chi connectivity index (χ4v) is 5.10. The standard InChI is InChI=1S/C30H26BrNO6/c1-16(2)17-5-9-21(10-6-17)32-27(18-7-11-23(36-3)24(14-18)37-4)26(29(34)30(32)35)28(33)25-15-19-13-20(31)8-12-22(19)38-25/h5-16,27,34H,1-4H3. The molecule has 194 valence electrons. The van der Waals surface area contributed by atoms with Crippen LogP contribution in [-0.2, 0) is 4.79 Å². The predicted octanol–water partition coefficient (Wildman–Crippen LogP) is 7.12. The van der Waals surface area contributed by atoms with E-state index in [0.29, 0.717) is 34.3 Å². The summed E-state index contributed by atoms with van der Waals surface area (Å²) in [6.45, 7) is 4.16. The topological polar surface area (TPSA) is 89.2 Å². The molecule has 1 N–H and O–H groups in total. The van der Waals surface area contributed by atoms with E-state index in [2.05, 4.69) is 29.8 Å². The SMILES string of the molecule is COc1ccc(C2C(C(=O)c3cc4cc(Br)ccc4o3)=C(O)C(=O)N2c2ccc(C(C)C)cc2)cc1OC. The van der Waals surface area contributed by atoms with Crippen molar-refractivity contribution in [2.24, 2.45) is 0 Å². The van der Waals surface area contributed by atoms with E-state index in [1.165, 1.54) is 19.1 Å². The maximum atomic E-state index is 13.9. The van der Waals surface area contributed by atoms with Gasteiger partial charge < -0.3 is 19.0 Å². The molecule has 8 heteroatoms. The first-order chi connectivity index (χ1) is 18.2. The number of aliphatic hydroxyl groups excluding tert-OH is 1. The Kier molecular flexibility index (Phi) is 6.75. The number of hydrogen-bond donors (Lipinski definition) is 1. The van der Waals surface area contributed by atoms with E-state index in [9.17, 15) is 14.7 Å². The summed E-state index contributed by atoms with van der Waals surface area (Å²) in [7, 11) is 3.04. The van der Waals surface area contributed by atoms with Crippen molar-refractivity contribution in [3.05, 3.63) is 99.4 Å². The monoisotopic (exact) mass is 575 g/mol. The van der Waals surface area contributed by atoms with Gasteiger partial charge in [0.25, 0.3) is 5.91 Å². The second kappa shape index (κ2) is 10.0. The molecule has 7 nitrogen and oxygen atoms in total. The fourth-order valence-electron chi connectivity index (χ4n) is 4.72. The van der Waals surface area contributed by atoms with Crippen molar-refractivity contribution in [3.63, 3.8) is 0 Å². The summed E-state index contributed by atoms with van der Waals surface area (Å²) in [5.74, 6) is -0.624. The van der Waals surface area contributed by atoms with E-state index in [1.807, 2.05) is 36.4 Å². The molecule has 38 heavy (non-hydrogen) atoms. The van der Waals surface area contributed by atoms with Crippen molar-refractivity contribution in [2.45, 2.75) is 25.8 Å². The van der Waals surface area contributed by atoms with Gasteiger partial charge in [-0.3, -0.25) is 14.5 Å². The Labute approximate surface area is 228 Å². The van der Waals surface area contributed by atoms with Gasteiger partial charge >= 0.3 is 0 Å². The number of halogens is 1. The largest absolute Gasteiger partial charge is 0.503 e. The zero-order valence-electron chi connectivity index (χ0n) is 21.3. The normalized spacial score (nSPS) is 15.6. The molecule has 2 heterocycles. The van der Waals surface area contributed by atoms with Crippen molar-refractivity contribution in [1.82, 2.24) is 0 Å². The van der Waals surface area contributed by atoms with Crippen molar-refractivity contribution < 1.29 is 28.6 Å². The molecule has 3 aromatic carbocycles. The first-order valence-corrected chi connectivity index (χ1v) is 12.8. The van der Waals surface area contributed by atoms with Crippen LogP contribution in [0.4, 0.5) is 5.69 Å². The van der Waals surface area contributed by atoms with Gasteiger partial charge in [0.2, 0.25) is 5.78 Å². The number of hydrogen-bond acceptors (Lipinski definition) is 6. The number of rotatable bonds is 7. The van der Waals surface area contributed by atoms with Gasteiger partial charge in [0.05, 0.1) is 25.8 Å². The van der Waals surface area contributed by atoms with Gasteiger partial charge in [-0.15, -0.1) is 0 Å². The lowest BCUT2D eigenvalue weighted by molar-refractivity contribution is -0.117. The van der Waals surface area contributed by atoms with Crippen molar-refractivity contribution in [2.75, 3.05) is 19.1 Å². The summed E-state index contributed by atoms with van der Waals surface area (Å²) in [6, 6.07) is 18.7. The second-order valence-corrected chi connectivity index (χ2v) is 10.2. The van der Waals surface area contributed by atoms with Gasteiger partial charge in [-0.05, 0) is 65.6 Å². The van der Waals surface area contributed by atoms with Crippen molar-refractivity contribution >= 4 is 44.3 Å². The highest BCUT2D eigenvalue weighted by Crippen LogP contribution is 2.44. The Balaban J connectivity index is 1.66. The molecule has 5 rings (SSSR count). The minimum Gasteiger partial charge on any atom is -0.503 e. The molecule has 1 aliphatic heterocycles. The Hall–Kier alpha value is -4.04. The average Bonchev–Trinajstić information content (AvgIpc) is 3.46. The van der Waals surface area contributed by atoms with Crippen LogP contribution in [0, 0.1) is 0 Å².